The lowest BCUT2D eigenvalue weighted by atomic mass is 10.0. The van der Waals surface area contributed by atoms with Crippen molar-refractivity contribution in [2.24, 2.45) is 5.92 Å². The molecular formula is C25H24F4N2O2. The molecule has 0 aliphatic carbocycles. The van der Waals surface area contributed by atoms with Crippen LogP contribution in [0.3, 0.4) is 0 Å². The first-order valence-electron chi connectivity index (χ1n) is 10.3. The third-order valence-corrected chi connectivity index (χ3v) is 4.83. The highest BCUT2D eigenvalue weighted by atomic mass is 19.4. The van der Waals surface area contributed by atoms with E-state index in [-0.39, 0.29) is 24.1 Å². The molecule has 4 nitrogen and oxygen atoms in total. The second-order valence-electron chi connectivity index (χ2n) is 7.77. The quantitative estimate of drug-likeness (QED) is 0.211. The topological polar surface area (TPSA) is 54.3 Å². The van der Waals surface area contributed by atoms with Crippen LogP contribution in [-0.4, -0.2) is 11.9 Å². The standard InChI is InChI=1S/C25H24F4N2O2/c1-16(2)23(31-22-12-11-18(14-21(22)26)25(27,28)29)24(30)32-15-17-7-6-10-20(13-17)33-19-8-4-3-5-9-19/h3-14,16,23,30-31H,15H2,1-2H3. The zero-order chi connectivity index (χ0) is 24.0. The van der Waals surface area contributed by atoms with Crippen molar-refractivity contribution in [2.45, 2.75) is 32.7 Å². The van der Waals surface area contributed by atoms with Crippen LogP contribution in [0.4, 0.5) is 23.2 Å². The minimum Gasteiger partial charge on any atom is -0.475 e. The Balaban J connectivity index is 1.65. The van der Waals surface area contributed by atoms with Gasteiger partial charge in [0.2, 0.25) is 5.90 Å². The van der Waals surface area contributed by atoms with Crippen molar-refractivity contribution in [1.82, 2.24) is 0 Å². The van der Waals surface area contributed by atoms with Gasteiger partial charge in [0.1, 0.15) is 30.0 Å². The van der Waals surface area contributed by atoms with Crippen LogP contribution in [-0.2, 0) is 17.5 Å². The minimum absolute atomic E-state index is 0.0746. The number of rotatable bonds is 8. The highest BCUT2D eigenvalue weighted by Crippen LogP contribution is 2.32. The van der Waals surface area contributed by atoms with Crippen LogP contribution in [0.15, 0.2) is 72.8 Å². The highest BCUT2D eigenvalue weighted by Gasteiger charge is 2.31. The molecule has 2 N–H and O–H groups in total. The third-order valence-electron chi connectivity index (χ3n) is 4.83. The van der Waals surface area contributed by atoms with Gasteiger partial charge in [0, 0.05) is 0 Å². The van der Waals surface area contributed by atoms with Crippen molar-refractivity contribution in [3.63, 3.8) is 0 Å². The van der Waals surface area contributed by atoms with Gasteiger partial charge in [-0.3, -0.25) is 5.41 Å². The first kappa shape index (κ1) is 24.1. The fourth-order valence-corrected chi connectivity index (χ4v) is 3.09. The molecule has 1 unspecified atom stereocenters. The van der Waals surface area contributed by atoms with Gasteiger partial charge in [-0.2, -0.15) is 13.2 Å². The van der Waals surface area contributed by atoms with Crippen molar-refractivity contribution in [2.75, 3.05) is 5.32 Å². The molecule has 3 aromatic carbocycles. The van der Waals surface area contributed by atoms with Crippen LogP contribution >= 0.6 is 0 Å². The number of para-hydroxylation sites is 1. The summed E-state index contributed by atoms with van der Waals surface area (Å²) in [6, 6.07) is 18.0. The molecule has 0 fully saturated rings. The Morgan fingerprint density at radius 2 is 1.64 bits per heavy atom. The SMILES string of the molecule is CC(C)C(Nc1ccc(C(F)(F)F)cc1F)C(=N)OCc1cccc(Oc2ccccc2)c1. The zero-order valence-electron chi connectivity index (χ0n) is 18.1. The van der Waals surface area contributed by atoms with Crippen LogP contribution in [0.25, 0.3) is 0 Å². The Hall–Kier alpha value is -3.55. The molecule has 0 radical (unpaired) electrons. The molecule has 0 saturated carbocycles. The summed E-state index contributed by atoms with van der Waals surface area (Å²) in [6.45, 7) is 3.67. The van der Waals surface area contributed by atoms with Gasteiger partial charge in [-0.15, -0.1) is 0 Å². The number of nitrogens with one attached hydrogen (secondary N) is 2. The highest BCUT2D eigenvalue weighted by molar-refractivity contribution is 5.82. The molecule has 1 atom stereocenters. The zero-order valence-corrected chi connectivity index (χ0v) is 18.1. The van der Waals surface area contributed by atoms with Gasteiger partial charge >= 0.3 is 6.18 Å². The van der Waals surface area contributed by atoms with Crippen molar-refractivity contribution >= 4 is 11.6 Å². The predicted octanol–water partition coefficient (Wildman–Crippen LogP) is 7.27. The third kappa shape index (κ3) is 6.71. The predicted molar refractivity (Wildman–Crippen MR) is 119 cm³/mol. The normalized spacial score (nSPS) is 12.3. The number of hydrogen-bond donors (Lipinski definition) is 2. The van der Waals surface area contributed by atoms with Crippen LogP contribution < -0.4 is 10.1 Å². The summed E-state index contributed by atoms with van der Waals surface area (Å²) in [5.74, 6) is -0.0928. The van der Waals surface area contributed by atoms with Gasteiger partial charge in [0.25, 0.3) is 0 Å². The van der Waals surface area contributed by atoms with E-state index in [2.05, 4.69) is 5.32 Å². The molecule has 33 heavy (non-hydrogen) atoms. The molecule has 0 heterocycles. The van der Waals surface area contributed by atoms with E-state index in [1.165, 1.54) is 0 Å². The van der Waals surface area contributed by atoms with Gasteiger partial charge in [-0.25, -0.2) is 4.39 Å². The Morgan fingerprint density at radius 3 is 2.27 bits per heavy atom. The van der Waals surface area contributed by atoms with E-state index in [1.807, 2.05) is 36.4 Å². The molecule has 0 spiro atoms. The smallest absolute Gasteiger partial charge is 0.416 e. The fourth-order valence-electron chi connectivity index (χ4n) is 3.09. The molecular weight excluding hydrogens is 436 g/mol. The van der Waals surface area contributed by atoms with Crippen molar-refractivity contribution < 1.29 is 27.0 Å². The summed E-state index contributed by atoms with van der Waals surface area (Å²) in [5, 5.41) is 11.1. The largest absolute Gasteiger partial charge is 0.475 e. The fraction of sp³-hybridized carbons (Fsp3) is 0.240. The summed E-state index contributed by atoms with van der Waals surface area (Å²) >= 11 is 0. The summed E-state index contributed by atoms with van der Waals surface area (Å²) in [4.78, 5) is 0. The second-order valence-corrected chi connectivity index (χ2v) is 7.77. The molecule has 0 bridgehead atoms. The van der Waals surface area contributed by atoms with E-state index in [4.69, 9.17) is 14.9 Å². The lowest BCUT2D eigenvalue weighted by molar-refractivity contribution is -0.137. The Morgan fingerprint density at radius 1 is 0.939 bits per heavy atom. The Labute approximate surface area is 189 Å². The molecule has 0 saturated heterocycles. The van der Waals surface area contributed by atoms with Gasteiger partial charge < -0.3 is 14.8 Å². The summed E-state index contributed by atoms with van der Waals surface area (Å²) in [5.41, 5.74) is -0.444. The summed E-state index contributed by atoms with van der Waals surface area (Å²) in [6.07, 6.45) is -4.63. The first-order chi connectivity index (χ1) is 15.6. The molecule has 174 valence electrons. The van der Waals surface area contributed by atoms with E-state index < -0.39 is 23.6 Å². The maximum atomic E-state index is 14.3. The first-order valence-corrected chi connectivity index (χ1v) is 10.3. The minimum atomic E-state index is -4.63. The van der Waals surface area contributed by atoms with Crippen molar-refractivity contribution in [1.29, 1.82) is 5.41 Å². The molecule has 0 aliphatic rings. The lowest BCUT2D eigenvalue weighted by Gasteiger charge is -2.24. The molecule has 3 rings (SSSR count). The maximum absolute atomic E-state index is 14.3. The molecule has 0 aromatic heterocycles. The Bertz CT molecular complexity index is 1090. The number of benzene rings is 3. The van der Waals surface area contributed by atoms with Crippen molar-refractivity contribution in [3.05, 3.63) is 89.7 Å². The number of anilines is 1. The average molecular weight is 460 g/mol. The molecule has 3 aromatic rings. The van der Waals surface area contributed by atoms with Crippen LogP contribution in [0, 0.1) is 17.1 Å². The number of hydrogen-bond acceptors (Lipinski definition) is 4. The molecule has 8 heteroatoms. The molecule has 0 amide bonds. The van der Waals surface area contributed by atoms with Crippen LogP contribution in [0.5, 0.6) is 11.5 Å². The Kier molecular flexibility index (Phi) is 7.58. The van der Waals surface area contributed by atoms with Gasteiger partial charge in [-0.05, 0) is 53.9 Å². The summed E-state index contributed by atoms with van der Waals surface area (Å²) < 4.78 is 64.0. The lowest BCUT2D eigenvalue weighted by Crippen LogP contribution is -2.36. The number of halogens is 4. The second kappa shape index (κ2) is 10.4. The van der Waals surface area contributed by atoms with Gasteiger partial charge in [0.15, 0.2) is 0 Å². The van der Waals surface area contributed by atoms with Gasteiger partial charge in [-0.1, -0.05) is 44.2 Å². The number of alkyl halides is 3. The van der Waals surface area contributed by atoms with E-state index in [0.29, 0.717) is 17.6 Å². The molecule has 0 aliphatic heterocycles. The summed E-state index contributed by atoms with van der Waals surface area (Å²) in [7, 11) is 0. The maximum Gasteiger partial charge on any atom is 0.416 e. The monoisotopic (exact) mass is 460 g/mol. The van der Waals surface area contributed by atoms with Crippen molar-refractivity contribution in [3.8, 4) is 11.5 Å². The van der Waals surface area contributed by atoms with E-state index in [1.54, 1.807) is 32.0 Å². The number of ether oxygens (including phenoxy) is 2. The van der Waals surface area contributed by atoms with E-state index in [9.17, 15) is 17.6 Å². The van der Waals surface area contributed by atoms with Crippen LogP contribution in [0.1, 0.15) is 25.0 Å². The van der Waals surface area contributed by atoms with E-state index >= 15 is 0 Å². The van der Waals surface area contributed by atoms with Crippen LogP contribution in [0.2, 0.25) is 0 Å². The van der Waals surface area contributed by atoms with E-state index in [0.717, 1.165) is 17.7 Å². The average Bonchev–Trinajstić information content (AvgIpc) is 2.76. The van der Waals surface area contributed by atoms with Gasteiger partial charge in [0.05, 0.1) is 11.3 Å².